The Bertz CT molecular complexity index is 1030. The summed E-state index contributed by atoms with van der Waals surface area (Å²) in [5.41, 5.74) is 2.65. The highest BCUT2D eigenvalue weighted by Crippen LogP contribution is 2.37. The first-order valence-corrected chi connectivity index (χ1v) is 8.50. The van der Waals surface area contributed by atoms with Crippen molar-refractivity contribution in [3.63, 3.8) is 0 Å². The molecule has 3 aromatic heterocycles. The molecule has 0 radical (unpaired) electrons. The molecule has 0 bridgehead atoms. The number of rotatable bonds is 5. The normalized spacial score (nSPS) is 10.7. The number of H-pyrrole nitrogens is 1. The molecule has 0 amide bonds. The van der Waals surface area contributed by atoms with Gasteiger partial charge in [-0.25, -0.2) is 19.3 Å². The molecular formula is C17H13FN6OS. The van der Waals surface area contributed by atoms with Crippen molar-refractivity contribution in [2.24, 2.45) is 0 Å². The SMILES string of the molecule is COc1ccc(F)cc1-c1[nH]ncc1-c1csc(Nc2ncccn2)n1. The van der Waals surface area contributed by atoms with E-state index in [1.165, 1.54) is 30.6 Å². The van der Waals surface area contributed by atoms with E-state index in [1.54, 1.807) is 30.7 Å². The number of thiazole rings is 1. The number of ether oxygens (including phenoxy) is 1. The summed E-state index contributed by atoms with van der Waals surface area (Å²) in [6, 6.07) is 6.07. The van der Waals surface area contributed by atoms with E-state index in [2.05, 4.69) is 30.5 Å². The second-order valence-electron chi connectivity index (χ2n) is 5.24. The Morgan fingerprint density at radius 3 is 2.85 bits per heavy atom. The largest absolute Gasteiger partial charge is 0.496 e. The summed E-state index contributed by atoms with van der Waals surface area (Å²) >= 11 is 1.41. The predicted octanol–water partition coefficient (Wildman–Crippen LogP) is 3.88. The van der Waals surface area contributed by atoms with Crippen LogP contribution in [0.4, 0.5) is 15.5 Å². The van der Waals surface area contributed by atoms with Gasteiger partial charge in [0.25, 0.3) is 0 Å². The van der Waals surface area contributed by atoms with Crippen molar-refractivity contribution in [2.45, 2.75) is 0 Å². The zero-order chi connectivity index (χ0) is 17.9. The van der Waals surface area contributed by atoms with E-state index in [0.29, 0.717) is 33.8 Å². The van der Waals surface area contributed by atoms with Gasteiger partial charge in [-0.2, -0.15) is 5.10 Å². The average molecular weight is 368 g/mol. The van der Waals surface area contributed by atoms with Crippen LogP contribution in [-0.2, 0) is 0 Å². The number of aromatic nitrogens is 5. The van der Waals surface area contributed by atoms with Crippen molar-refractivity contribution >= 4 is 22.4 Å². The monoisotopic (exact) mass is 368 g/mol. The third-order valence-corrected chi connectivity index (χ3v) is 4.39. The predicted molar refractivity (Wildman–Crippen MR) is 97.0 cm³/mol. The fourth-order valence-electron chi connectivity index (χ4n) is 2.48. The van der Waals surface area contributed by atoms with Crippen LogP contribution in [-0.4, -0.2) is 32.3 Å². The Morgan fingerprint density at radius 2 is 2.04 bits per heavy atom. The Balaban J connectivity index is 1.69. The fraction of sp³-hybridized carbons (Fsp3) is 0.0588. The topological polar surface area (TPSA) is 88.6 Å². The lowest BCUT2D eigenvalue weighted by atomic mass is 10.1. The molecule has 1 aromatic carbocycles. The molecule has 0 fully saturated rings. The van der Waals surface area contributed by atoms with Crippen LogP contribution >= 0.6 is 11.3 Å². The van der Waals surface area contributed by atoms with E-state index < -0.39 is 0 Å². The second-order valence-corrected chi connectivity index (χ2v) is 6.10. The van der Waals surface area contributed by atoms with Gasteiger partial charge in [-0.1, -0.05) is 0 Å². The molecule has 0 atom stereocenters. The van der Waals surface area contributed by atoms with Gasteiger partial charge in [-0.3, -0.25) is 5.10 Å². The number of hydrogen-bond donors (Lipinski definition) is 2. The van der Waals surface area contributed by atoms with Gasteiger partial charge >= 0.3 is 0 Å². The van der Waals surface area contributed by atoms with E-state index in [9.17, 15) is 4.39 Å². The van der Waals surface area contributed by atoms with Gasteiger partial charge in [0.2, 0.25) is 5.95 Å². The van der Waals surface area contributed by atoms with E-state index in [-0.39, 0.29) is 5.82 Å². The Hall–Kier alpha value is -3.33. The highest BCUT2D eigenvalue weighted by Gasteiger charge is 2.17. The van der Waals surface area contributed by atoms with Gasteiger partial charge in [-0.15, -0.1) is 11.3 Å². The number of methoxy groups -OCH3 is 1. The lowest BCUT2D eigenvalue weighted by Gasteiger charge is -2.08. The van der Waals surface area contributed by atoms with Crippen LogP contribution in [0, 0.1) is 5.82 Å². The highest BCUT2D eigenvalue weighted by atomic mass is 32.1. The minimum absolute atomic E-state index is 0.358. The molecule has 130 valence electrons. The van der Waals surface area contributed by atoms with Gasteiger partial charge < -0.3 is 10.1 Å². The van der Waals surface area contributed by atoms with E-state index in [0.717, 1.165) is 5.56 Å². The molecule has 0 unspecified atom stereocenters. The zero-order valence-electron chi connectivity index (χ0n) is 13.6. The van der Waals surface area contributed by atoms with Crippen molar-refractivity contribution in [1.82, 2.24) is 25.1 Å². The molecule has 4 aromatic rings. The maximum atomic E-state index is 13.7. The number of aromatic amines is 1. The second kappa shape index (κ2) is 6.89. The molecular weight excluding hydrogens is 355 g/mol. The van der Waals surface area contributed by atoms with Gasteiger partial charge in [0.15, 0.2) is 5.13 Å². The lowest BCUT2D eigenvalue weighted by Crippen LogP contribution is -1.95. The van der Waals surface area contributed by atoms with E-state index >= 15 is 0 Å². The molecule has 0 aliphatic carbocycles. The molecule has 2 N–H and O–H groups in total. The number of benzene rings is 1. The van der Waals surface area contributed by atoms with E-state index in [1.807, 2.05) is 5.38 Å². The highest BCUT2D eigenvalue weighted by molar-refractivity contribution is 7.14. The maximum Gasteiger partial charge on any atom is 0.228 e. The minimum Gasteiger partial charge on any atom is -0.496 e. The van der Waals surface area contributed by atoms with Gasteiger partial charge in [0.05, 0.1) is 24.7 Å². The quantitative estimate of drug-likeness (QED) is 0.556. The molecule has 0 saturated carbocycles. The van der Waals surface area contributed by atoms with Crippen molar-refractivity contribution < 1.29 is 9.13 Å². The minimum atomic E-state index is -0.358. The smallest absolute Gasteiger partial charge is 0.228 e. The number of hydrogen-bond acceptors (Lipinski definition) is 7. The molecule has 9 heteroatoms. The van der Waals surface area contributed by atoms with Crippen LogP contribution in [0.1, 0.15) is 0 Å². The summed E-state index contributed by atoms with van der Waals surface area (Å²) in [6.07, 6.45) is 4.94. The average Bonchev–Trinajstić information content (AvgIpc) is 3.31. The van der Waals surface area contributed by atoms with Crippen molar-refractivity contribution in [3.05, 3.63) is 54.1 Å². The summed E-state index contributed by atoms with van der Waals surface area (Å²) < 4.78 is 19.1. The van der Waals surface area contributed by atoms with Gasteiger partial charge in [0.1, 0.15) is 11.6 Å². The summed E-state index contributed by atoms with van der Waals surface area (Å²) in [5.74, 6) is 0.652. The maximum absolute atomic E-state index is 13.7. The number of halogens is 1. The first kappa shape index (κ1) is 16.2. The first-order chi connectivity index (χ1) is 12.7. The summed E-state index contributed by atoms with van der Waals surface area (Å²) in [6.45, 7) is 0. The van der Waals surface area contributed by atoms with Crippen LogP contribution < -0.4 is 10.1 Å². The summed E-state index contributed by atoms with van der Waals surface area (Å²) in [5, 5.41) is 12.6. The van der Waals surface area contributed by atoms with Gasteiger partial charge in [-0.05, 0) is 24.3 Å². The first-order valence-electron chi connectivity index (χ1n) is 7.62. The van der Waals surface area contributed by atoms with Crippen LogP contribution in [0.3, 0.4) is 0 Å². The molecule has 7 nitrogen and oxygen atoms in total. The van der Waals surface area contributed by atoms with Gasteiger partial charge in [0, 0.05) is 28.9 Å². The van der Waals surface area contributed by atoms with Crippen molar-refractivity contribution in [1.29, 1.82) is 0 Å². The number of nitrogens with one attached hydrogen (secondary N) is 2. The molecule has 0 spiro atoms. The number of anilines is 2. The summed E-state index contributed by atoms with van der Waals surface area (Å²) in [7, 11) is 1.54. The molecule has 26 heavy (non-hydrogen) atoms. The molecule has 0 saturated heterocycles. The number of nitrogens with zero attached hydrogens (tertiary/aromatic N) is 4. The third kappa shape index (κ3) is 3.11. The lowest BCUT2D eigenvalue weighted by molar-refractivity contribution is 0.415. The van der Waals surface area contributed by atoms with Crippen LogP contribution in [0.25, 0.3) is 22.5 Å². The zero-order valence-corrected chi connectivity index (χ0v) is 14.4. The Kier molecular flexibility index (Phi) is 4.28. The standard InChI is InChI=1S/C17H13FN6OS/c1-25-14-4-3-10(18)7-11(14)15-12(8-21-24-15)13-9-26-17(22-13)23-16-19-5-2-6-20-16/h2-9H,1H3,(H,21,24)(H,19,20,22,23). The summed E-state index contributed by atoms with van der Waals surface area (Å²) in [4.78, 5) is 12.8. The van der Waals surface area contributed by atoms with Crippen LogP contribution in [0.15, 0.2) is 48.2 Å². The Morgan fingerprint density at radius 1 is 1.19 bits per heavy atom. The van der Waals surface area contributed by atoms with E-state index in [4.69, 9.17) is 4.74 Å². The molecule has 4 rings (SSSR count). The molecule has 3 heterocycles. The van der Waals surface area contributed by atoms with Crippen LogP contribution in [0.2, 0.25) is 0 Å². The molecule has 0 aliphatic rings. The fourth-order valence-corrected chi connectivity index (χ4v) is 3.18. The Labute approximate surface area is 151 Å². The third-order valence-electron chi connectivity index (χ3n) is 3.63. The molecule has 0 aliphatic heterocycles. The van der Waals surface area contributed by atoms with Crippen molar-refractivity contribution in [2.75, 3.05) is 12.4 Å². The van der Waals surface area contributed by atoms with Crippen LogP contribution in [0.5, 0.6) is 5.75 Å². The van der Waals surface area contributed by atoms with Crippen molar-refractivity contribution in [3.8, 4) is 28.3 Å².